The minimum Gasteiger partial charge on any atom is -0.241 e. The number of nitrogens with zero attached hydrogens (tertiary/aromatic N) is 3. The fourth-order valence-electron chi connectivity index (χ4n) is 1.13. The summed E-state index contributed by atoms with van der Waals surface area (Å²) >= 11 is 0. The fraction of sp³-hybridized carbons (Fsp3) is 0.333. The lowest BCUT2D eigenvalue weighted by Crippen LogP contribution is -2.32. The van der Waals surface area contributed by atoms with E-state index in [1.54, 1.807) is 13.0 Å². The zero-order valence-electron chi connectivity index (χ0n) is 8.59. The maximum Gasteiger partial charge on any atom is 0.264 e. The van der Waals surface area contributed by atoms with E-state index in [-0.39, 0.29) is 13.1 Å². The van der Waals surface area contributed by atoms with Crippen molar-refractivity contribution in [3.63, 3.8) is 0 Å². The zero-order valence-corrected chi connectivity index (χ0v) is 9.41. The molecule has 0 aliphatic rings. The average molecular weight is 243 g/mol. The van der Waals surface area contributed by atoms with Gasteiger partial charge >= 0.3 is 0 Å². The van der Waals surface area contributed by atoms with Gasteiger partial charge in [-0.15, -0.1) is 0 Å². The van der Waals surface area contributed by atoms with Gasteiger partial charge in [0.2, 0.25) is 5.03 Å². The first kappa shape index (κ1) is 12.5. The van der Waals surface area contributed by atoms with Gasteiger partial charge in [-0.1, -0.05) is 6.92 Å². The van der Waals surface area contributed by atoms with Crippen molar-refractivity contribution in [2.45, 2.75) is 11.9 Å². The molecule has 0 radical (unpaired) electrons. The summed E-state index contributed by atoms with van der Waals surface area (Å²) in [6, 6.07) is 4.03. The summed E-state index contributed by atoms with van der Waals surface area (Å²) < 4.78 is 37.8. The Kier molecular flexibility index (Phi) is 3.93. The number of hydrogen-bond acceptors (Lipinski definition) is 4. The third-order valence-corrected chi connectivity index (χ3v) is 3.76. The Labute approximate surface area is 93.2 Å². The van der Waals surface area contributed by atoms with Gasteiger partial charge in [0, 0.05) is 12.7 Å². The molecule has 0 fully saturated rings. The number of halogens is 1. The second kappa shape index (κ2) is 5.01. The summed E-state index contributed by atoms with van der Waals surface area (Å²) in [5.41, 5.74) is 0. The smallest absolute Gasteiger partial charge is 0.241 e. The molecule has 16 heavy (non-hydrogen) atoms. The maximum absolute atomic E-state index is 13.3. The molecule has 0 N–H and O–H groups in total. The van der Waals surface area contributed by atoms with Crippen LogP contribution in [-0.2, 0) is 10.0 Å². The predicted octanol–water partition coefficient (Wildman–Crippen LogP) is 0.755. The first-order chi connectivity index (χ1) is 7.54. The van der Waals surface area contributed by atoms with Crippen LogP contribution in [-0.4, -0.2) is 30.8 Å². The Morgan fingerprint density at radius 3 is 2.81 bits per heavy atom. The van der Waals surface area contributed by atoms with Crippen molar-refractivity contribution in [3.05, 3.63) is 24.1 Å². The lowest BCUT2D eigenvalue weighted by Gasteiger charge is -2.16. The molecule has 86 valence electrons. The summed E-state index contributed by atoms with van der Waals surface area (Å²) in [7, 11) is -4.02. The highest BCUT2D eigenvalue weighted by Crippen LogP contribution is 2.15. The van der Waals surface area contributed by atoms with Crippen molar-refractivity contribution in [1.29, 1.82) is 5.26 Å². The van der Waals surface area contributed by atoms with Gasteiger partial charge in [-0.2, -0.15) is 9.57 Å². The molecular weight excluding hydrogens is 233 g/mol. The van der Waals surface area contributed by atoms with Gasteiger partial charge in [0.25, 0.3) is 10.0 Å². The van der Waals surface area contributed by atoms with Crippen LogP contribution in [0.15, 0.2) is 23.4 Å². The topological polar surface area (TPSA) is 74.1 Å². The highest BCUT2D eigenvalue weighted by molar-refractivity contribution is 7.89. The van der Waals surface area contributed by atoms with Crippen LogP contribution in [0.5, 0.6) is 0 Å². The van der Waals surface area contributed by atoms with Crippen molar-refractivity contribution in [2.75, 3.05) is 13.1 Å². The molecule has 5 nitrogen and oxygen atoms in total. The predicted molar refractivity (Wildman–Crippen MR) is 54.2 cm³/mol. The first-order valence-corrected chi connectivity index (χ1v) is 5.95. The summed E-state index contributed by atoms with van der Waals surface area (Å²) in [6.45, 7) is 1.33. The van der Waals surface area contributed by atoms with E-state index < -0.39 is 20.9 Å². The average Bonchev–Trinajstić information content (AvgIpc) is 2.26. The van der Waals surface area contributed by atoms with Gasteiger partial charge in [0.1, 0.15) is 6.54 Å². The van der Waals surface area contributed by atoms with Gasteiger partial charge in [-0.25, -0.2) is 17.8 Å². The van der Waals surface area contributed by atoms with Crippen molar-refractivity contribution >= 4 is 10.0 Å². The largest absolute Gasteiger partial charge is 0.264 e. The minimum absolute atomic E-state index is 0.0892. The SMILES string of the molecule is CCN(CC#N)S(=O)(=O)c1ncccc1F. The first-order valence-electron chi connectivity index (χ1n) is 4.51. The van der Waals surface area contributed by atoms with E-state index in [1.165, 1.54) is 12.3 Å². The van der Waals surface area contributed by atoms with Crippen LogP contribution in [0.1, 0.15) is 6.92 Å². The van der Waals surface area contributed by atoms with E-state index >= 15 is 0 Å². The summed E-state index contributed by atoms with van der Waals surface area (Å²) in [5, 5.41) is 7.83. The van der Waals surface area contributed by atoms with Crippen LogP contribution in [0.25, 0.3) is 0 Å². The Hall–Kier alpha value is -1.52. The molecule has 0 saturated heterocycles. The molecule has 0 unspecified atom stereocenters. The summed E-state index contributed by atoms with van der Waals surface area (Å²) in [6.07, 6.45) is 1.19. The Morgan fingerprint density at radius 1 is 1.62 bits per heavy atom. The highest BCUT2D eigenvalue weighted by atomic mass is 32.2. The summed E-state index contributed by atoms with van der Waals surface area (Å²) in [4.78, 5) is 3.49. The normalized spacial score (nSPS) is 11.4. The molecule has 0 spiro atoms. The molecule has 0 bridgehead atoms. The van der Waals surface area contributed by atoms with E-state index in [0.717, 1.165) is 10.4 Å². The van der Waals surface area contributed by atoms with Gasteiger partial charge in [-0.3, -0.25) is 0 Å². The van der Waals surface area contributed by atoms with E-state index in [2.05, 4.69) is 4.98 Å². The van der Waals surface area contributed by atoms with E-state index in [4.69, 9.17) is 5.26 Å². The number of rotatable bonds is 4. The summed E-state index contributed by atoms with van der Waals surface area (Å²) in [5.74, 6) is -0.918. The van der Waals surface area contributed by atoms with Crippen LogP contribution in [0.2, 0.25) is 0 Å². The Balaban J connectivity index is 3.22. The van der Waals surface area contributed by atoms with Crippen molar-refractivity contribution in [3.8, 4) is 6.07 Å². The molecule has 0 atom stereocenters. The third-order valence-electron chi connectivity index (χ3n) is 1.91. The second-order valence-corrected chi connectivity index (χ2v) is 4.73. The Morgan fingerprint density at radius 2 is 2.31 bits per heavy atom. The molecule has 1 aromatic heterocycles. The van der Waals surface area contributed by atoms with Crippen molar-refractivity contribution < 1.29 is 12.8 Å². The Bertz CT molecular complexity index is 510. The molecule has 0 aliphatic heterocycles. The van der Waals surface area contributed by atoms with Crippen LogP contribution < -0.4 is 0 Å². The van der Waals surface area contributed by atoms with Gasteiger partial charge < -0.3 is 0 Å². The molecule has 0 aromatic carbocycles. The van der Waals surface area contributed by atoms with Gasteiger partial charge in [-0.05, 0) is 12.1 Å². The van der Waals surface area contributed by atoms with Crippen LogP contribution in [0.3, 0.4) is 0 Å². The van der Waals surface area contributed by atoms with Gasteiger partial charge in [0.15, 0.2) is 5.82 Å². The number of aromatic nitrogens is 1. The number of sulfonamides is 1. The van der Waals surface area contributed by atoms with Crippen molar-refractivity contribution in [2.24, 2.45) is 0 Å². The number of hydrogen-bond donors (Lipinski definition) is 0. The lowest BCUT2D eigenvalue weighted by molar-refractivity contribution is 0.451. The van der Waals surface area contributed by atoms with E-state index in [1.807, 2.05) is 0 Å². The standard InChI is InChI=1S/C9H10FN3O2S/c1-2-13(7-5-11)16(14,15)9-8(10)4-3-6-12-9/h3-4,6H,2,7H2,1H3. The quantitative estimate of drug-likeness (QED) is 0.731. The van der Waals surface area contributed by atoms with Crippen molar-refractivity contribution in [1.82, 2.24) is 9.29 Å². The van der Waals surface area contributed by atoms with E-state index in [0.29, 0.717) is 0 Å². The van der Waals surface area contributed by atoms with Crippen LogP contribution in [0, 0.1) is 17.1 Å². The zero-order chi connectivity index (χ0) is 12.2. The van der Waals surface area contributed by atoms with E-state index in [9.17, 15) is 12.8 Å². The molecule has 1 aromatic rings. The minimum atomic E-state index is -4.02. The number of pyridine rings is 1. The molecular formula is C9H10FN3O2S. The third kappa shape index (κ3) is 2.35. The maximum atomic E-state index is 13.3. The molecule has 0 saturated carbocycles. The molecule has 0 aliphatic carbocycles. The molecule has 1 heterocycles. The van der Waals surface area contributed by atoms with Gasteiger partial charge in [0.05, 0.1) is 6.07 Å². The fourth-order valence-corrected chi connectivity index (χ4v) is 2.45. The monoisotopic (exact) mass is 243 g/mol. The molecule has 1 rings (SSSR count). The highest BCUT2D eigenvalue weighted by Gasteiger charge is 2.27. The lowest BCUT2D eigenvalue weighted by atomic mass is 10.5. The molecule has 7 heteroatoms. The van der Waals surface area contributed by atoms with Crippen LogP contribution in [0.4, 0.5) is 4.39 Å². The second-order valence-electron chi connectivity index (χ2n) is 2.88. The molecule has 0 amide bonds. The number of nitriles is 1. The van der Waals surface area contributed by atoms with Crippen LogP contribution >= 0.6 is 0 Å².